The van der Waals surface area contributed by atoms with E-state index in [4.69, 9.17) is 38.4 Å². The Balaban J connectivity index is 0.000000214. The number of carbonyl (C=O) groups is 8. The third-order valence-corrected chi connectivity index (χ3v) is 16.8. The summed E-state index contributed by atoms with van der Waals surface area (Å²) in [5.74, 6) is -7.36. The largest absolute Gasteiger partial charge is 0.451 e. The molecule has 6 N–H and O–H groups in total. The molecule has 6 aliphatic rings. The highest BCUT2D eigenvalue weighted by molar-refractivity contribution is 5.94. The lowest BCUT2D eigenvalue weighted by atomic mass is 9.87. The number of cyclic esters (lactones) is 2. The van der Waals surface area contributed by atoms with Crippen LogP contribution in [-0.2, 0) is 66.8 Å². The summed E-state index contributed by atoms with van der Waals surface area (Å²) in [6.45, 7) is 10.9. The van der Waals surface area contributed by atoms with Gasteiger partial charge in [-0.1, -0.05) is 88.4 Å². The van der Waals surface area contributed by atoms with E-state index in [0.717, 1.165) is 21.9 Å². The highest BCUT2D eigenvalue weighted by Crippen LogP contribution is 2.36. The number of amides is 6. The molecule has 0 radical (unpaired) electrons. The Morgan fingerprint density at radius 2 is 0.922 bits per heavy atom. The minimum atomic E-state index is -2.15. The van der Waals surface area contributed by atoms with Gasteiger partial charge in [0.25, 0.3) is 23.6 Å². The number of carbonyl (C=O) groups excluding carboxylic acids is 8. The number of ether oxygens (including phenoxy) is 6. The first-order valence-electron chi connectivity index (χ1n) is 30.5. The van der Waals surface area contributed by atoms with Crippen molar-refractivity contribution in [1.82, 2.24) is 52.1 Å². The summed E-state index contributed by atoms with van der Waals surface area (Å²) in [6, 6.07) is 14.6. The van der Waals surface area contributed by atoms with Crippen molar-refractivity contribution in [3.63, 3.8) is 0 Å². The van der Waals surface area contributed by atoms with E-state index in [9.17, 15) is 47.1 Å². The van der Waals surface area contributed by atoms with Gasteiger partial charge in [0.2, 0.25) is 17.6 Å². The number of rotatable bonds is 4. The molecule has 6 aliphatic heterocycles. The molecule has 90 heavy (non-hydrogen) atoms. The zero-order valence-electron chi connectivity index (χ0n) is 51.8. The molecule has 2 aromatic heterocycles. The highest BCUT2D eigenvalue weighted by Gasteiger charge is 2.51. The number of fused-ring (bicyclic) bond motifs is 8. The average molecular weight is 1250 g/mol. The van der Waals surface area contributed by atoms with Gasteiger partial charge in [-0.3, -0.25) is 58.3 Å². The van der Waals surface area contributed by atoms with E-state index in [1.54, 1.807) is 65.0 Å². The van der Waals surface area contributed by atoms with Crippen LogP contribution >= 0.6 is 0 Å². The van der Waals surface area contributed by atoms with Gasteiger partial charge in [-0.15, -0.1) is 0 Å². The molecular formula is C64H80F2N10O14. The van der Waals surface area contributed by atoms with Crippen LogP contribution in [0, 0.1) is 22.7 Å². The number of hydrazine groups is 2. The highest BCUT2D eigenvalue weighted by atomic mass is 19.1. The van der Waals surface area contributed by atoms with Gasteiger partial charge in [0, 0.05) is 23.9 Å². The SMILES string of the molecule is CC(C)[C@@H]1OC(=O)C2(/C=C/c3ccc4ccc(nc4c3)[C@@H](C)NC(=O)[C@@H]3CCCN(N3)C(=O)[C@H](C)NC1=O)COC(CF)(CF)OC2.CC(C)[C@@H]1OC(=O)C2(/C=C/c3ccc4ccc(nc4c3)[C@@H](C)NC(=O)[C@@H]3CCCN(N3)C(=O)[C@H](C)NC1=O)COCOC2. The molecule has 6 amide bonds. The second kappa shape index (κ2) is 28.5. The van der Waals surface area contributed by atoms with E-state index in [1.165, 1.54) is 23.0 Å². The molecule has 10 rings (SSSR count). The lowest BCUT2D eigenvalue weighted by Crippen LogP contribution is -2.61. The molecule has 4 saturated heterocycles. The quantitative estimate of drug-likeness (QED) is 0.151. The average Bonchev–Trinajstić information content (AvgIpc) is 1.06. The van der Waals surface area contributed by atoms with E-state index >= 15 is 0 Å². The van der Waals surface area contributed by atoms with Crippen LogP contribution in [0.25, 0.3) is 34.0 Å². The fourth-order valence-corrected chi connectivity index (χ4v) is 11.1. The van der Waals surface area contributed by atoms with Gasteiger partial charge in [-0.2, -0.15) is 0 Å². The molecule has 26 heteroatoms. The molecular weight excluding hydrogens is 1170 g/mol. The lowest BCUT2D eigenvalue weighted by molar-refractivity contribution is -0.305. The minimum absolute atomic E-state index is 0.0125. The van der Waals surface area contributed by atoms with Crippen LogP contribution in [0.2, 0.25) is 0 Å². The summed E-state index contributed by atoms with van der Waals surface area (Å²) < 4.78 is 61.0. The Morgan fingerprint density at radius 1 is 0.533 bits per heavy atom. The monoisotopic (exact) mass is 1250 g/mol. The maximum absolute atomic E-state index is 13.9. The van der Waals surface area contributed by atoms with Crippen molar-refractivity contribution in [2.45, 2.75) is 135 Å². The molecule has 0 unspecified atom stereocenters. The van der Waals surface area contributed by atoms with Gasteiger partial charge in [-0.05, 0) is 101 Å². The predicted octanol–water partition coefficient (Wildman–Crippen LogP) is 4.67. The zero-order chi connectivity index (χ0) is 64.7. The van der Waals surface area contributed by atoms with Crippen LogP contribution in [0.3, 0.4) is 0 Å². The summed E-state index contributed by atoms with van der Waals surface area (Å²) >= 11 is 0. The van der Waals surface area contributed by atoms with E-state index in [0.29, 0.717) is 61.2 Å². The summed E-state index contributed by atoms with van der Waals surface area (Å²) in [5, 5.41) is 15.7. The number of nitrogens with zero attached hydrogens (tertiary/aromatic N) is 4. The second-order valence-corrected chi connectivity index (χ2v) is 24.6. The molecule has 4 fully saturated rings. The molecule has 0 saturated carbocycles. The number of benzene rings is 2. The van der Waals surface area contributed by atoms with E-state index in [-0.39, 0.29) is 43.8 Å². The third-order valence-electron chi connectivity index (χ3n) is 16.8. The molecule has 4 aromatic rings. The summed E-state index contributed by atoms with van der Waals surface area (Å²) in [7, 11) is 0. The van der Waals surface area contributed by atoms with Crippen molar-refractivity contribution in [2.75, 3.05) is 59.7 Å². The van der Waals surface area contributed by atoms with Gasteiger partial charge >= 0.3 is 11.9 Å². The molecule has 24 nitrogen and oxygen atoms in total. The van der Waals surface area contributed by atoms with Crippen LogP contribution in [0.15, 0.2) is 72.8 Å². The van der Waals surface area contributed by atoms with Gasteiger partial charge in [0.1, 0.15) is 55.1 Å². The van der Waals surface area contributed by atoms with E-state index in [2.05, 4.69) is 32.1 Å². The van der Waals surface area contributed by atoms with Crippen LogP contribution in [0.5, 0.6) is 0 Å². The molecule has 8 atom stereocenters. The Bertz CT molecular complexity index is 3400. The molecule has 2 spiro atoms. The first-order chi connectivity index (χ1) is 42.9. The lowest BCUT2D eigenvalue weighted by Gasteiger charge is -2.41. The number of hydrogen-bond donors (Lipinski definition) is 6. The standard InChI is InChI=1S/C33H41F2N5O7.C31H39N5O7/c1-19(2)27-29(42)37-21(4)30(43)40-13-5-6-25(39-40)28(41)36-20(3)24-10-9-23-8-7-22(14-26(23)38-24)11-12-32(31(44)47-27)17-45-33(15-34,16-35)46-18-32;1-18(2)26-28(38)33-20(4)29(39)36-13-5-6-24(35-36)27(37)32-19(3)23-10-9-22-8-7-21(14-25(22)34-23)11-12-31(30(40)43-26)15-41-17-42-16-31/h7-12,14,19-21,25,27,39H,5-6,13,15-18H2,1-4H3,(H,36,41)(H,37,42);7-12,14,18-20,24,26,35H,5-6,13,15-17H2,1-4H3,(H,32,37)(H,33,38)/b2*12-11+/t20-,21+,25+,27+;19-,20+,24+,26+/m11/s1. The molecule has 2 aromatic carbocycles. The predicted molar refractivity (Wildman–Crippen MR) is 323 cm³/mol. The van der Waals surface area contributed by atoms with Crippen molar-refractivity contribution in [1.29, 1.82) is 0 Å². The number of alkyl halides is 2. The van der Waals surface area contributed by atoms with Crippen molar-refractivity contribution in [2.24, 2.45) is 22.7 Å². The molecule has 484 valence electrons. The summed E-state index contributed by atoms with van der Waals surface area (Å²) in [4.78, 5) is 117. The van der Waals surface area contributed by atoms with Gasteiger partial charge in [0.15, 0.2) is 12.2 Å². The Labute approximate surface area is 520 Å². The van der Waals surface area contributed by atoms with Crippen molar-refractivity contribution in [3.8, 4) is 0 Å². The number of esters is 2. The smallest absolute Gasteiger partial charge is 0.321 e. The van der Waals surface area contributed by atoms with Crippen LogP contribution in [0.4, 0.5) is 8.78 Å². The Hall–Kier alpha value is -7.88. The van der Waals surface area contributed by atoms with E-state index < -0.39 is 127 Å². The van der Waals surface area contributed by atoms with E-state index in [1.807, 2.05) is 62.4 Å². The number of aromatic nitrogens is 2. The first kappa shape index (κ1) is 66.5. The number of pyridine rings is 2. The fraction of sp³-hybridized carbons (Fsp3) is 0.531. The van der Waals surface area contributed by atoms with Gasteiger partial charge < -0.3 is 49.7 Å². The maximum Gasteiger partial charge on any atom is 0.321 e. The Morgan fingerprint density at radius 3 is 1.32 bits per heavy atom. The van der Waals surface area contributed by atoms with Crippen LogP contribution < -0.4 is 32.1 Å². The molecule has 8 heterocycles. The van der Waals surface area contributed by atoms with Gasteiger partial charge in [-0.25, -0.2) is 19.6 Å². The number of hydrogen-bond acceptors (Lipinski definition) is 18. The molecule has 10 bridgehead atoms. The minimum Gasteiger partial charge on any atom is -0.451 e. The van der Waals surface area contributed by atoms with Crippen molar-refractivity contribution in [3.05, 3.63) is 95.3 Å². The maximum atomic E-state index is 13.9. The summed E-state index contributed by atoms with van der Waals surface area (Å²) in [6.07, 6.45) is 6.29. The third kappa shape index (κ3) is 15.1. The Kier molecular flexibility index (Phi) is 21.1. The zero-order valence-corrected chi connectivity index (χ0v) is 51.8. The van der Waals surface area contributed by atoms with Crippen molar-refractivity contribution >= 4 is 81.3 Å². The molecule has 0 aliphatic carbocycles. The first-order valence-corrected chi connectivity index (χ1v) is 30.5. The normalized spacial score (nSPS) is 27.9. The second-order valence-electron chi connectivity index (χ2n) is 24.6. The van der Waals surface area contributed by atoms with Crippen LogP contribution in [0.1, 0.15) is 116 Å². The number of nitrogens with one attached hydrogen (secondary N) is 6. The topological polar surface area (TPSA) is 296 Å². The van der Waals surface area contributed by atoms with Crippen LogP contribution in [-0.4, -0.2) is 169 Å². The van der Waals surface area contributed by atoms with Crippen molar-refractivity contribution < 1.29 is 75.6 Å². The number of halogens is 2. The van der Waals surface area contributed by atoms with Gasteiger partial charge in [0.05, 0.1) is 60.9 Å². The summed E-state index contributed by atoms with van der Waals surface area (Å²) in [5.41, 5.74) is 7.11. The fourth-order valence-electron chi connectivity index (χ4n) is 11.1.